The third-order valence-electron chi connectivity index (χ3n) is 1.49. The van der Waals surface area contributed by atoms with Crippen molar-refractivity contribution in [2.24, 2.45) is 0 Å². The number of aromatic nitrogens is 2. The lowest BCUT2D eigenvalue weighted by molar-refractivity contribution is 0.102. The van der Waals surface area contributed by atoms with Gasteiger partial charge in [0.15, 0.2) is 0 Å². The van der Waals surface area contributed by atoms with Crippen LogP contribution in [0, 0.1) is 2.88 Å². The van der Waals surface area contributed by atoms with E-state index >= 15 is 0 Å². The average molecular weight is 352 g/mol. The molecule has 3 N–H and O–H groups in total. The number of rotatable bonds is 2. The molecule has 0 aromatic carbocycles. The molecule has 0 aliphatic carbocycles. The van der Waals surface area contributed by atoms with Crippen molar-refractivity contribution >= 4 is 61.4 Å². The summed E-state index contributed by atoms with van der Waals surface area (Å²) in [5.74, 6) is -0.190. The lowest BCUT2D eigenvalue weighted by Crippen LogP contribution is -2.10. The van der Waals surface area contributed by atoms with Crippen LogP contribution in [-0.4, -0.2) is 16.1 Å². The summed E-state index contributed by atoms with van der Waals surface area (Å²) < 4.78 is 1.06. The highest BCUT2D eigenvalue weighted by atomic mass is 127. The molecule has 0 fully saturated rings. The van der Waals surface area contributed by atoms with Gasteiger partial charge in [0.1, 0.15) is 0 Å². The number of nitrogens with zero attached hydrogens (tertiary/aromatic N) is 2. The van der Waals surface area contributed by atoms with Crippen molar-refractivity contribution in [1.29, 1.82) is 0 Å². The van der Waals surface area contributed by atoms with Crippen LogP contribution in [-0.2, 0) is 0 Å². The number of carbonyl (C=O) groups excluding carboxylic acids is 1. The maximum atomic E-state index is 11.6. The van der Waals surface area contributed by atoms with Crippen LogP contribution in [0.15, 0.2) is 11.4 Å². The number of nitrogens with one attached hydrogen (secondary N) is 1. The predicted molar refractivity (Wildman–Crippen MR) is 69.3 cm³/mol. The minimum atomic E-state index is -0.190. The summed E-state index contributed by atoms with van der Waals surface area (Å²) in [6, 6.07) is 1.81. The van der Waals surface area contributed by atoms with E-state index < -0.39 is 0 Å². The zero-order chi connectivity index (χ0) is 10.8. The molecule has 0 radical (unpaired) electrons. The minimum Gasteiger partial charge on any atom is -0.374 e. The zero-order valence-electron chi connectivity index (χ0n) is 7.23. The van der Waals surface area contributed by atoms with Crippen LogP contribution in [0.5, 0.6) is 0 Å². The van der Waals surface area contributed by atoms with Crippen molar-refractivity contribution < 1.29 is 4.79 Å². The van der Waals surface area contributed by atoms with Crippen LogP contribution in [0.1, 0.15) is 10.4 Å². The highest BCUT2D eigenvalue weighted by Gasteiger charge is 2.10. The Morgan fingerprint density at radius 2 is 2.33 bits per heavy atom. The zero-order valence-corrected chi connectivity index (χ0v) is 11.0. The number of anilines is 2. The van der Waals surface area contributed by atoms with Crippen LogP contribution in [0.4, 0.5) is 10.3 Å². The highest BCUT2D eigenvalue weighted by Crippen LogP contribution is 2.20. The Morgan fingerprint density at radius 1 is 1.53 bits per heavy atom. The summed E-state index contributed by atoms with van der Waals surface area (Å²) in [5, 5.41) is 12.5. The first kappa shape index (κ1) is 10.8. The molecule has 2 aromatic heterocycles. The van der Waals surface area contributed by atoms with Crippen molar-refractivity contribution in [3.63, 3.8) is 0 Å². The molecule has 2 rings (SSSR count). The molecule has 0 bridgehead atoms. The van der Waals surface area contributed by atoms with Crippen molar-refractivity contribution in [1.82, 2.24) is 10.2 Å². The molecule has 8 heteroatoms. The second-order valence-electron chi connectivity index (χ2n) is 2.54. The molecular formula is C7H5IN4OS2. The van der Waals surface area contributed by atoms with Crippen molar-refractivity contribution in [2.75, 3.05) is 11.1 Å². The van der Waals surface area contributed by atoms with Crippen molar-refractivity contribution in [3.8, 4) is 0 Å². The van der Waals surface area contributed by atoms with Gasteiger partial charge in [-0.15, -0.1) is 21.5 Å². The molecule has 0 saturated carbocycles. The summed E-state index contributed by atoms with van der Waals surface area (Å²) >= 11 is 4.82. The Bertz CT molecular complexity index is 495. The maximum absolute atomic E-state index is 11.6. The Morgan fingerprint density at radius 3 is 2.87 bits per heavy atom. The second kappa shape index (κ2) is 4.41. The Hall–Kier alpha value is -0.740. The van der Waals surface area contributed by atoms with Gasteiger partial charge in [0.25, 0.3) is 5.91 Å². The standard InChI is InChI=1S/C7H5IN4OS2/c8-4-1-3(2-14-4)5(13)10-7-12-11-6(9)15-7/h1-2H,(H2,9,11)(H,10,12,13). The summed E-state index contributed by atoms with van der Waals surface area (Å²) in [4.78, 5) is 11.6. The van der Waals surface area contributed by atoms with E-state index in [1.807, 2.05) is 6.07 Å². The van der Waals surface area contributed by atoms with E-state index in [1.165, 1.54) is 11.3 Å². The molecule has 0 saturated heterocycles. The molecule has 0 unspecified atom stereocenters. The number of hydrogen-bond donors (Lipinski definition) is 2. The van der Waals surface area contributed by atoms with E-state index in [0.29, 0.717) is 15.8 Å². The van der Waals surface area contributed by atoms with Gasteiger partial charge < -0.3 is 5.73 Å². The highest BCUT2D eigenvalue weighted by molar-refractivity contribution is 14.1. The fraction of sp³-hybridized carbons (Fsp3) is 0. The van der Waals surface area contributed by atoms with Gasteiger partial charge in [0, 0.05) is 5.38 Å². The number of nitrogens with two attached hydrogens (primary N) is 1. The van der Waals surface area contributed by atoms with Crippen LogP contribution >= 0.6 is 45.3 Å². The summed E-state index contributed by atoms with van der Waals surface area (Å²) in [6.07, 6.45) is 0. The average Bonchev–Trinajstić information content (AvgIpc) is 2.75. The second-order valence-corrected chi connectivity index (χ2v) is 6.35. The van der Waals surface area contributed by atoms with Gasteiger partial charge >= 0.3 is 0 Å². The van der Waals surface area contributed by atoms with E-state index in [9.17, 15) is 4.79 Å². The first-order valence-corrected chi connectivity index (χ1v) is 6.57. The van der Waals surface area contributed by atoms with Crippen LogP contribution in [0.2, 0.25) is 0 Å². The molecule has 15 heavy (non-hydrogen) atoms. The molecule has 2 aromatic rings. The fourth-order valence-electron chi connectivity index (χ4n) is 0.884. The van der Waals surface area contributed by atoms with E-state index in [4.69, 9.17) is 5.73 Å². The number of thiophene rings is 1. The van der Waals surface area contributed by atoms with Crippen LogP contribution < -0.4 is 11.1 Å². The van der Waals surface area contributed by atoms with Gasteiger partial charge in [-0.25, -0.2) is 0 Å². The van der Waals surface area contributed by atoms with Crippen LogP contribution in [0.3, 0.4) is 0 Å². The Kier molecular flexibility index (Phi) is 3.17. The largest absolute Gasteiger partial charge is 0.374 e. The molecule has 1 amide bonds. The number of amides is 1. The quantitative estimate of drug-likeness (QED) is 0.811. The SMILES string of the molecule is Nc1nnc(NC(=O)c2csc(I)c2)s1. The van der Waals surface area contributed by atoms with Gasteiger partial charge in [0.2, 0.25) is 10.3 Å². The molecule has 0 spiro atoms. The molecule has 78 valence electrons. The fourth-order valence-corrected chi connectivity index (χ4v) is 2.72. The third-order valence-corrected chi connectivity index (χ3v) is 3.95. The minimum absolute atomic E-state index is 0.190. The summed E-state index contributed by atoms with van der Waals surface area (Å²) in [7, 11) is 0. The Balaban J connectivity index is 2.10. The van der Waals surface area contributed by atoms with E-state index in [2.05, 4.69) is 38.1 Å². The van der Waals surface area contributed by atoms with Gasteiger partial charge in [0.05, 0.1) is 8.45 Å². The normalized spacial score (nSPS) is 10.2. The lowest BCUT2D eigenvalue weighted by atomic mass is 10.3. The molecular weight excluding hydrogens is 347 g/mol. The number of halogens is 1. The molecule has 0 aliphatic heterocycles. The predicted octanol–water partition coefficient (Wildman–Crippen LogP) is 2.04. The van der Waals surface area contributed by atoms with Gasteiger partial charge in [-0.3, -0.25) is 10.1 Å². The van der Waals surface area contributed by atoms with Gasteiger partial charge in [-0.05, 0) is 28.7 Å². The number of nitrogen functional groups attached to an aromatic ring is 1. The van der Waals surface area contributed by atoms with Crippen molar-refractivity contribution in [2.45, 2.75) is 0 Å². The van der Waals surface area contributed by atoms with Gasteiger partial charge in [-0.1, -0.05) is 11.3 Å². The smallest absolute Gasteiger partial charge is 0.258 e. The lowest BCUT2D eigenvalue weighted by Gasteiger charge is -1.96. The maximum Gasteiger partial charge on any atom is 0.258 e. The summed E-state index contributed by atoms with van der Waals surface area (Å²) in [6.45, 7) is 0. The van der Waals surface area contributed by atoms with Gasteiger partial charge in [-0.2, -0.15) is 0 Å². The van der Waals surface area contributed by atoms with E-state index in [0.717, 1.165) is 14.2 Å². The first-order chi connectivity index (χ1) is 7.15. The molecule has 2 heterocycles. The van der Waals surface area contributed by atoms with E-state index in [-0.39, 0.29) is 5.91 Å². The monoisotopic (exact) mass is 352 g/mol. The topological polar surface area (TPSA) is 80.9 Å². The number of hydrogen-bond acceptors (Lipinski definition) is 6. The van der Waals surface area contributed by atoms with E-state index in [1.54, 1.807) is 5.38 Å². The molecule has 0 atom stereocenters. The third kappa shape index (κ3) is 2.63. The summed E-state index contributed by atoms with van der Waals surface area (Å²) in [5.41, 5.74) is 6.01. The first-order valence-electron chi connectivity index (χ1n) is 3.79. The molecule has 5 nitrogen and oxygen atoms in total. The van der Waals surface area contributed by atoms with Crippen LogP contribution in [0.25, 0.3) is 0 Å². The molecule has 0 aliphatic rings. The number of carbonyl (C=O) groups is 1. The van der Waals surface area contributed by atoms with Crippen molar-refractivity contribution in [3.05, 3.63) is 19.9 Å². The Labute approximate surface area is 107 Å².